The number of rotatable bonds is 6. The van der Waals surface area contributed by atoms with E-state index in [1.807, 2.05) is 6.92 Å². The van der Waals surface area contributed by atoms with E-state index >= 15 is 0 Å². The van der Waals surface area contributed by atoms with Crippen molar-refractivity contribution in [3.05, 3.63) is 35.4 Å². The van der Waals surface area contributed by atoms with E-state index in [9.17, 15) is 8.78 Å². The Morgan fingerprint density at radius 3 is 2.62 bits per heavy atom. The lowest BCUT2D eigenvalue weighted by Gasteiger charge is -2.15. The monoisotopic (exact) mass is 227 g/mol. The highest BCUT2D eigenvalue weighted by Gasteiger charge is 2.12. The molecule has 1 nitrogen and oxygen atoms in total. The van der Waals surface area contributed by atoms with E-state index in [0.29, 0.717) is 17.9 Å². The van der Waals surface area contributed by atoms with E-state index in [-0.39, 0.29) is 0 Å². The van der Waals surface area contributed by atoms with E-state index in [1.54, 1.807) is 12.1 Å². The Bertz CT molecular complexity index is 326. The maximum absolute atomic E-state index is 13.4. The predicted octanol–water partition coefficient (Wildman–Crippen LogP) is 3.14. The van der Waals surface area contributed by atoms with Crippen molar-refractivity contribution < 1.29 is 8.78 Å². The highest BCUT2D eigenvalue weighted by Crippen LogP contribution is 2.17. The van der Waals surface area contributed by atoms with Gasteiger partial charge in [-0.3, -0.25) is 0 Å². The van der Waals surface area contributed by atoms with Crippen molar-refractivity contribution in [3.63, 3.8) is 0 Å². The summed E-state index contributed by atoms with van der Waals surface area (Å²) in [5.41, 5.74) is 0.477. The number of nitrogens with one attached hydrogen (secondary N) is 1. The molecule has 0 aromatic heterocycles. The van der Waals surface area contributed by atoms with Crippen LogP contribution in [0, 0.1) is 17.6 Å². The fourth-order valence-corrected chi connectivity index (χ4v) is 1.73. The molecule has 0 aliphatic heterocycles. The molecule has 16 heavy (non-hydrogen) atoms. The third kappa shape index (κ3) is 3.56. The maximum Gasteiger partial charge on any atom is 0.162 e. The van der Waals surface area contributed by atoms with Gasteiger partial charge < -0.3 is 5.32 Å². The van der Waals surface area contributed by atoms with Crippen LogP contribution in [0.3, 0.4) is 0 Å². The summed E-state index contributed by atoms with van der Waals surface area (Å²) in [5, 5.41) is 3.24. The average Bonchev–Trinajstić information content (AvgIpc) is 2.30. The topological polar surface area (TPSA) is 12.0 Å². The van der Waals surface area contributed by atoms with Crippen molar-refractivity contribution in [2.24, 2.45) is 5.92 Å². The van der Waals surface area contributed by atoms with E-state index in [4.69, 9.17) is 0 Å². The van der Waals surface area contributed by atoms with Crippen LogP contribution in [0.1, 0.15) is 25.8 Å². The minimum absolute atomic E-state index is 0.358. The molecule has 1 atom stereocenters. The summed E-state index contributed by atoms with van der Waals surface area (Å²) in [4.78, 5) is 0. The van der Waals surface area contributed by atoms with Crippen molar-refractivity contribution >= 4 is 0 Å². The first-order chi connectivity index (χ1) is 7.69. The Morgan fingerprint density at radius 1 is 1.25 bits per heavy atom. The van der Waals surface area contributed by atoms with Gasteiger partial charge in [-0.25, -0.2) is 8.78 Å². The Hall–Kier alpha value is -0.960. The molecule has 90 valence electrons. The first-order valence-corrected chi connectivity index (χ1v) is 5.82. The molecule has 0 spiro atoms. The van der Waals surface area contributed by atoms with E-state index < -0.39 is 11.6 Å². The number of hydrogen-bond acceptors (Lipinski definition) is 1. The van der Waals surface area contributed by atoms with Gasteiger partial charge in [-0.2, -0.15) is 0 Å². The second-order valence-corrected chi connectivity index (χ2v) is 4.00. The molecular formula is C13H19F2N. The van der Waals surface area contributed by atoms with Gasteiger partial charge in [0.15, 0.2) is 11.6 Å². The van der Waals surface area contributed by atoms with Crippen molar-refractivity contribution in [1.29, 1.82) is 0 Å². The smallest absolute Gasteiger partial charge is 0.162 e. The molecule has 1 rings (SSSR count). The minimum Gasteiger partial charge on any atom is -0.317 e. The lowest BCUT2D eigenvalue weighted by atomic mass is 9.96. The molecule has 0 saturated heterocycles. The van der Waals surface area contributed by atoms with Crippen LogP contribution in [-0.4, -0.2) is 13.1 Å². The molecule has 0 heterocycles. The fraction of sp³-hybridized carbons (Fsp3) is 0.538. The molecular weight excluding hydrogens is 208 g/mol. The van der Waals surface area contributed by atoms with Gasteiger partial charge in [-0.15, -0.1) is 0 Å². The molecule has 1 N–H and O–H groups in total. The van der Waals surface area contributed by atoms with Crippen molar-refractivity contribution in [2.45, 2.75) is 26.7 Å². The summed E-state index contributed by atoms with van der Waals surface area (Å²) in [5.74, 6) is -1.09. The van der Waals surface area contributed by atoms with Gasteiger partial charge in [0.05, 0.1) is 0 Å². The molecule has 1 aromatic carbocycles. The normalized spacial score (nSPS) is 12.8. The Labute approximate surface area is 95.9 Å². The summed E-state index contributed by atoms with van der Waals surface area (Å²) in [6, 6.07) is 4.38. The molecule has 1 unspecified atom stereocenters. The fourth-order valence-electron chi connectivity index (χ4n) is 1.73. The highest BCUT2D eigenvalue weighted by atomic mass is 19.2. The van der Waals surface area contributed by atoms with Crippen LogP contribution in [0.2, 0.25) is 0 Å². The third-order valence-electron chi connectivity index (χ3n) is 2.80. The van der Waals surface area contributed by atoms with Crippen LogP contribution >= 0.6 is 0 Å². The zero-order valence-electron chi connectivity index (χ0n) is 9.89. The van der Waals surface area contributed by atoms with Gasteiger partial charge in [0, 0.05) is 0 Å². The van der Waals surface area contributed by atoms with Gasteiger partial charge in [0.25, 0.3) is 0 Å². The Kier molecular flexibility index (Phi) is 5.39. The Balaban J connectivity index is 2.66. The molecule has 0 radical (unpaired) electrons. The van der Waals surface area contributed by atoms with Crippen LogP contribution in [0.15, 0.2) is 18.2 Å². The first kappa shape index (κ1) is 13.1. The van der Waals surface area contributed by atoms with Crippen LogP contribution in [0.5, 0.6) is 0 Å². The summed E-state index contributed by atoms with van der Waals surface area (Å²) in [7, 11) is 0. The highest BCUT2D eigenvalue weighted by molar-refractivity contribution is 5.19. The number of halogens is 2. The lowest BCUT2D eigenvalue weighted by molar-refractivity contribution is 0.444. The predicted molar refractivity (Wildman–Crippen MR) is 62.4 cm³/mol. The molecule has 1 aromatic rings. The van der Waals surface area contributed by atoms with Crippen LogP contribution in [0.4, 0.5) is 8.78 Å². The largest absolute Gasteiger partial charge is 0.317 e. The van der Waals surface area contributed by atoms with Crippen LogP contribution < -0.4 is 5.32 Å². The van der Waals surface area contributed by atoms with Crippen LogP contribution in [-0.2, 0) is 6.42 Å². The molecule has 0 saturated carbocycles. The van der Waals surface area contributed by atoms with Gasteiger partial charge in [0.1, 0.15) is 0 Å². The van der Waals surface area contributed by atoms with E-state index in [2.05, 4.69) is 12.2 Å². The van der Waals surface area contributed by atoms with Crippen LogP contribution in [0.25, 0.3) is 0 Å². The quantitative estimate of drug-likeness (QED) is 0.787. The lowest BCUT2D eigenvalue weighted by Crippen LogP contribution is -2.23. The summed E-state index contributed by atoms with van der Waals surface area (Å²) in [6.45, 7) is 5.86. The second kappa shape index (κ2) is 6.59. The van der Waals surface area contributed by atoms with E-state index in [1.165, 1.54) is 0 Å². The zero-order valence-corrected chi connectivity index (χ0v) is 9.89. The van der Waals surface area contributed by atoms with Gasteiger partial charge in [-0.05, 0) is 37.1 Å². The number of hydrogen-bond donors (Lipinski definition) is 1. The molecule has 0 aliphatic rings. The molecule has 3 heteroatoms. The number of benzene rings is 1. The second-order valence-electron chi connectivity index (χ2n) is 4.00. The van der Waals surface area contributed by atoms with Gasteiger partial charge >= 0.3 is 0 Å². The molecule has 0 aliphatic carbocycles. The minimum atomic E-state index is -0.754. The molecule has 0 bridgehead atoms. The van der Waals surface area contributed by atoms with Crippen molar-refractivity contribution in [3.8, 4) is 0 Å². The van der Waals surface area contributed by atoms with Crippen molar-refractivity contribution in [2.75, 3.05) is 13.1 Å². The zero-order chi connectivity index (χ0) is 12.0. The van der Waals surface area contributed by atoms with Gasteiger partial charge in [0.2, 0.25) is 0 Å². The van der Waals surface area contributed by atoms with E-state index in [0.717, 1.165) is 25.6 Å². The van der Waals surface area contributed by atoms with Crippen molar-refractivity contribution in [1.82, 2.24) is 5.32 Å². The average molecular weight is 227 g/mol. The standard InChI is InChI=1S/C13H19F2N/c1-3-10(9-16-4-2)8-11-6-5-7-12(14)13(11)15/h5-7,10,16H,3-4,8-9H2,1-2H3. The summed E-state index contributed by atoms with van der Waals surface area (Å²) in [6.07, 6.45) is 1.55. The Morgan fingerprint density at radius 2 is 2.00 bits per heavy atom. The summed E-state index contributed by atoms with van der Waals surface area (Å²) >= 11 is 0. The summed E-state index contributed by atoms with van der Waals surface area (Å²) < 4.78 is 26.4. The SMILES string of the molecule is CCNCC(CC)Cc1cccc(F)c1F. The third-order valence-corrected chi connectivity index (χ3v) is 2.80. The van der Waals surface area contributed by atoms with Gasteiger partial charge in [-0.1, -0.05) is 32.4 Å². The molecule has 0 amide bonds. The first-order valence-electron chi connectivity index (χ1n) is 5.82. The maximum atomic E-state index is 13.4. The molecule has 0 fully saturated rings.